The summed E-state index contributed by atoms with van der Waals surface area (Å²) in [7, 11) is 1.90. The highest BCUT2D eigenvalue weighted by Crippen LogP contribution is 2.21. The standard InChI is InChI=1S/C18H21N3O3/c1-3-11-21(13-17(22)23)18(24)14-9-10-16(19-12-14)20(2)15-7-5-4-6-8-15/h4-10,12H,3,11,13H2,1-2H3,(H,22,23). The molecule has 24 heavy (non-hydrogen) atoms. The van der Waals surface area contributed by atoms with Gasteiger partial charge in [0.15, 0.2) is 0 Å². The van der Waals surface area contributed by atoms with E-state index in [2.05, 4.69) is 4.98 Å². The first-order chi connectivity index (χ1) is 11.5. The van der Waals surface area contributed by atoms with Crippen molar-refractivity contribution in [1.82, 2.24) is 9.88 Å². The molecule has 0 atom stereocenters. The summed E-state index contributed by atoms with van der Waals surface area (Å²) < 4.78 is 0. The molecule has 1 aromatic carbocycles. The third-order valence-electron chi connectivity index (χ3n) is 3.59. The number of carboxylic acids is 1. The Morgan fingerprint density at radius 1 is 1.12 bits per heavy atom. The number of rotatable bonds is 7. The molecule has 1 N–H and O–H groups in total. The van der Waals surface area contributed by atoms with Gasteiger partial charge in [-0.15, -0.1) is 0 Å². The molecule has 2 aromatic rings. The Morgan fingerprint density at radius 2 is 1.83 bits per heavy atom. The Labute approximate surface area is 141 Å². The predicted molar refractivity (Wildman–Crippen MR) is 92.6 cm³/mol. The van der Waals surface area contributed by atoms with Gasteiger partial charge in [-0.25, -0.2) is 4.98 Å². The smallest absolute Gasteiger partial charge is 0.323 e. The lowest BCUT2D eigenvalue weighted by molar-refractivity contribution is -0.137. The maximum absolute atomic E-state index is 12.4. The fraction of sp³-hybridized carbons (Fsp3) is 0.278. The third kappa shape index (κ3) is 4.32. The second-order valence-corrected chi connectivity index (χ2v) is 5.42. The lowest BCUT2D eigenvalue weighted by Crippen LogP contribution is -2.36. The van der Waals surface area contributed by atoms with E-state index < -0.39 is 5.97 Å². The first-order valence-electron chi connectivity index (χ1n) is 7.78. The molecular formula is C18H21N3O3. The minimum Gasteiger partial charge on any atom is -0.480 e. The van der Waals surface area contributed by atoms with Crippen LogP contribution in [0, 0.1) is 0 Å². The van der Waals surface area contributed by atoms with Crippen molar-refractivity contribution in [2.75, 3.05) is 25.0 Å². The number of anilines is 2. The molecule has 6 heteroatoms. The average Bonchev–Trinajstić information content (AvgIpc) is 2.60. The van der Waals surface area contributed by atoms with Crippen LogP contribution in [-0.4, -0.2) is 47.0 Å². The molecule has 2 rings (SSSR count). The van der Waals surface area contributed by atoms with E-state index in [1.54, 1.807) is 12.1 Å². The lowest BCUT2D eigenvalue weighted by Gasteiger charge is -2.21. The average molecular weight is 327 g/mol. The molecule has 0 aliphatic carbocycles. The van der Waals surface area contributed by atoms with E-state index in [-0.39, 0.29) is 12.5 Å². The molecule has 0 radical (unpaired) electrons. The Bertz CT molecular complexity index is 686. The number of para-hydroxylation sites is 1. The third-order valence-corrected chi connectivity index (χ3v) is 3.59. The van der Waals surface area contributed by atoms with Gasteiger partial charge in [0.25, 0.3) is 5.91 Å². The number of carbonyl (C=O) groups excluding carboxylic acids is 1. The molecule has 0 aliphatic rings. The first kappa shape index (κ1) is 17.5. The van der Waals surface area contributed by atoms with Crippen LogP contribution in [0.2, 0.25) is 0 Å². The van der Waals surface area contributed by atoms with Gasteiger partial charge in [0.2, 0.25) is 0 Å². The van der Waals surface area contributed by atoms with E-state index in [1.807, 2.05) is 49.2 Å². The highest BCUT2D eigenvalue weighted by Gasteiger charge is 2.18. The minimum atomic E-state index is -1.02. The Kier molecular flexibility index (Phi) is 5.89. The van der Waals surface area contributed by atoms with E-state index in [1.165, 1.54) is 11.1 Å². The van der Waals surface area contributed by atoms with E-state index in [9.17, 15) is 9.59 Å². The largest absolute Gasteiger partial charge is 0.480 e. The van der Waals surface area contributed by atoms with Gasteiger partial charge >= 0.3 is 5.97 Å². The summed E-state index contributed by atoms with van der Waals surface area (Å²) in [5, 5.41) is 8.93. The molecule has 0 spiro atoms. The van der Waals surface area contributed by atoms with Crippen molar-refractivity contribution in [3.63, 3.8) is 0 Å². The molecular weight excluding hydrogens is 306 g/mol. The van der Waals surface area contributed by atoms with Crippen LogP contribution >= 0.6 is 0 Å². The summed E-state index contributed by atoms with van der Waals surface area (Å²) in [5.41, 5.74) is 1.37. The van der Waals surface area contributed by atoms with E-state index in [0.29, 0.717) is 24.3 Å². The summed E-state index contributed by atoms with van der Waals surface area (Å²) in [4.78, 5) is 30.9. The Morgan fingerprint density at radius 3 is 2.38 bits per heavy atom. The minimum absolute atomic E-state index is 0.307. The zero-order valence-electron chi connectivity index (χ0n) is 13.8. The van der Waals surface area contributed by atoms with Gasteiger partial charge < -0.3 is 14.9 Å². The number of hydrogen-bond donors (Lipinski definition) is 1. The fourth-order valence-electron chi connectivity index (χ4n) is 2.36. The number of amides is 1. The van der Waals surface area contributed by atoms with Crippen molar-refractivity contribution in [3.05, 3.63) is 54.2 Å². The highest BCUT2D eigenvalue weighted by atomic mass is 16.4. The Balaban J connectivity index is 2.15. The summed E-state index contributed by atoms with van der Waals surface area (Å²) in [5.74, 6) is -0.635. The number of carboxylic acid groups (broad SMARTS) is 1. The topological polar surface area (TPSA) is 73.7 Å². The first-order valence-corrected chi connectivity index (χ1v) is 7.78. The molecule has 126 valence electrons. The number of hydrogen-bond acceptors (Lipinski definition) is 4. The number of benzene rings is 1. The van der Waals surface area contributed by atoms with Crippen LogP contribution in [0.25, 0.3) is 0 Å². The second kappa shape index (κ2) is 8.10. The molecule has 0 aliphatic heterocycles. The van der Waals surface area contributed by atoms with Crippen molar-refractivity contribution in [2.45, 2.75) is 13.3 Å². The molecule has 1 aromatic heterocycles. The van der Waals surface area contributed by atoms with Gasteiger partial charge in [-0.3, -0.25) is 9.59 Å². The maximum Gasteiger partial charge on any atom is 0.323 e. The van der Waals surface area contributed by atoms with E-state index in [4.69, 9.17) is 5.11 Å². The molecule has 0 bridgehead atoms. The molecule has 0 fully saturated rings. The number of nitrogens with zero attached hydrogens (tertiary/aromatic N) is 3. The number of aromatic nitrogens is 1. The van der Waals surface area contributed by atoms with Gasteiger partial charge in [-0.2, -0.15) is 0 Å². The van der Waals surface area contributed by atoms with Crippen molar-refractivity contribution >= 4 is 23.4 Å². The normalized spacial score (nSPS) is 10.2. The lowest BCUT2D eigenvalue weighted by atomic mass is 10.2. The molecule has 0 saturated heterocycles. The summed E-state index contributed by atoms with van der Waals surface area (Å²) in [6, 6.07) is 13.2. The van der Waals surface area contributed by atoms with Gasteiger partial charge in [0.05, 0.1) is 5.56 Å². The SMILES string of the molecule is CCCN(CC(=O)O)C(=O)c1ccc(N(C)c2ccccc2)nc1. The van der Waals surface area contributed by atoms with Crippen molar-refractivity contribution in [1.29, 1.82) is 0 Å². The van der Waals surface area contributed by atoms with Crippen LogP contribution in [0.5, 0.6) is 0 Å². The van der Waals surface area contributed by atoms with Gasteiger partial charge in [0.1, 0.15) is 12.4 Å². The molecule has 0 unspecified atom stereocenters. The van der Waals surface area contributed by atoms with Crippen molar-refractivity contribution in [3.8, 4) is 0 Å². The maximum atomic E-state index is 12.4. The zero-order chi connectivity index (χ0) is 17.5. The number of carbonyl (C=O) groups is 2. The van der Waals surface area contributed by atoms with Crippen LogP contribution in [-0.2, 0) is 4.79 Å². The van der Waals surface area contributed by atoms with Crippen molar-refractivity contribution < 1.29 is 14.7 Å². The number of aliphatic carboxylic acids is 1. The molecule has 6 nitrogen and oxygen atoms in total. The molecule has 0 saturated carbocycles. The quantitative estimate of drug-likeness (QED) is 0.846. The van der Waals surface area contributed by atoms with Crippen LogP contribution in [0.3, 0.4) is 0 Å². The second-order valence-electron chi connectivity index (χ2n) is 5.42. The van der Waals surface area contributed by atoms with Crippen LogP contribution < -0.4 is 4.90 Å². The van der Waals surface area contributed by atoms with Gasteiger partial charge in [-0.05, 0) is 30.7 Å². The fourth-order valence-corrected chi connectivity index (χ4v) is 2.36. The van der Waals surface area contributed by atoms with E-state index in [0.717, 1.165) is 5.69 Å². The molecule has 1 heterocycles. The predicted octanol–water partition coefficient (Wildman–Crippen LogP) is 2.79. The monoisotopic (exact) mass is 327 g/mol. The number of pyridine rings is 1. The summed E-state index contributed by atoms with van der Waals surface area (Å²) >= 11 is 0. The van der Waals surface area contributed by atoms with Crippen molar-refractivity contribution in [2.24, 2.45) is 0 Å². The Hall–Kier alpha value is -2.89. The van der Waals surface area contributed by atoms with Crippen LogP contribution in [0.4, 0.5) is 11.5 Å². The van der Waals surface area contributed by atoms with E-state index >= 15 is 0 Å². The summed E-state index contributed by atoms with van der Waals surface area (Å²) in [6.45, 7) is 1.99. The van der Waals surface area contributed by atoms with Gasteiger partial charge in [-0.1, -0.05) is 25.1 Å². The van der Waals surface area contributed by atoms with Crippen LogP contribution in [0.15, 0.2) is 48.7 Å². The molecule has 1 amide bonds. The summed E-state index contributed by atoms with van der Waals surface area (Å²) in [6.07, 6.45) is 2.18. The van der Waals surface area contributed by atoms with Gasteiger partial charge in [0, 0.05) is 25.5 Å². The van der Waals surface area contributed by atoms with Crippen LogP contribution in [0.1, 0.15) is 23.7 Å². The zero-order valence-corrected chi connectivity index (χ0v) is 13.8. The highest BCUT2D eigenvalue weighted by molar-refractivity contribution is 5.95.